The Bertz CT molecular complexity index is 1000. The molecule has 0 spiro atoms. The highest BCUT2D eigenvalue weighted by atomic mass is 19.3. The Labute approximate surface area is 193 Å². The number of hydrogen-bond acceptors (Lipinski definition) is 3. The van der Waals surface area contributed by atoms with Gasteiger partial charge in [-0.2, -0.15) is 0 Å². The Hall–Kier alpha value is -2.47. The summed E-state index contributed by atoms with van der Waals surface area (Å²) in [7, 11) is 0. The fourth-order valence-corrected chi connectivity index (χ4v) is 4.63. The van der Waals surface area contributed by atoms with Crippen molar-refractivity contribution in [2.75, 3.05) is 13.2 Å². The van der Waals surface area contributed by atoms with Crippen LogP contribution in [0.5, 0.6) is 5.75 Å². The third kappa shape index (κ3) is 5.21. The van der Waals surface area contributed by atoms with Crippen molar-refractivity contribution < 1.29 is 17.9 Å². The first-order valence-corrected chi connectivity index (χ1v) is 11.9. The Morgan fingerprint density at radius 2 is 1.85 bits per heavy atom. The maximum absolute atomic E-state index is 14.9. The molecule has 5 rings (SSSR count). The van der Waals surface area contributed by atoms with Gasteiger partial charge in [0.1, 0.15) is 11.9 Å². The molecule has 3 aliphatic rings. The van der Waals surface area contributed by atoms with E-state index in [0.717, 1.165) is 23.4 Å². The van der Waals surface area contributed by atoms with Crippen LogP contribution in [-0.2, 0) is 19.6 Å². The molecule has 0 radical (unpaired) electrons. The second-order valence-electron chi connectivity index (χ2n) is 9.79. The van der Waals surface area contributed by atoms with E-state index in [-0.39, 0.29) is 13.0 Å². The Kier molecular flexibility index (Phi) is 6.12. The van der Waals surface area contributed by atoms with Gasteiger partial charge in [0, 0.05) is 38.3 Å². The van der Waals surface area contributed by atoms with Crippen molar-refractivity contribution in [3.63, 3.8) is 0 Å². The molecule has 0 saturated heterocycles. The van der Waals surface area contributed by atoms with Gasteiger partial charge < -0.3 is 10.1 Å². The molecule has 2 saturated carbocycles. The van der Waals surface area contributed by atoms with E-state index in [4.69, 9.17) is 4.74 Å². The molecular formula is C27H31F3N2O. The third-order valence-electron chi connectivity index (χ3n) is 7.22. The third-order valence-corrected chi connectivity index (χ3v) is 7.22. The minimum atomic E-state index is -2.60. The summed E-state index contributed by atoms with van der Waals surface area (Å²) in [5, 5.41) is 3.44. The summed E-state index contributed by atoms with van der Waals surface area (Å²) >= 11 is 0. The van der Waals surface area contributed by atoms with Gasteiger partial charge in [0.25, 0.3) is 5.92 Å². The van der Waals surface area contributed by atoms with Gasteiger partial charge in [0.05, 0.1) is 12.5 Å². The molecule has 1 heterocycles. The highest BCUT2D eigenvalue weighted by Crippen LogP contribution is 2.48. The minimum Gasteiger partial charge on any atom is -0.493 e. The van der Waals surface area contributed by atoms with Crippen LogP contribution in [0.4, 0.5) is 13.2 Å². The lowest BCUT2D eigenvalue weighted by molar-refractivity contribution is 0.0855. The normalized spacial score (nSPS) is 24.0. The Balaban J connectivity index is 1.13. The van der Waals surface area contributed by atoms with Crippen LogP contribution in [0, 0.1) is 11.8 Å². The van der Waals surface area contributed by atoms with Gasteiger partial charge in [-0.15, -0.1) is 0 Å². The predicted octanol–water partition coefficient (Wildman–Crippen LogP) is 6.15. The van der Waals surface area contributed by atoms with Gasteiger partial charge in [0.2, 0.25) is 0 Å². The highest BCUT2D eigenvalue weighted by molar-refractivity contribution is 5.39. The van der Waals surface area contributed by atoms with Crippen LogP contribution in [0.25, 0.3) is 0 Å². The molecule has 2 fully saturated rings. The molecule has 2 unspecified atom stereocenters. The SMILES string of the molecule is C=C(NCc1ccc(CN2Cc3ccc(OCC4CC4(F)F)cc3C(F)C2)cc1)C1CCC1. The van der Waals surface area contributed by atoms with Gasteiger partial charge in [-0.25, -0.2) is 13.2 Å². The molecular weight excluding hydrogens is 425 g/mol. The van der Waals surface area contributed by atoms with E-state index >= 15 is 0 Å². The number of nitrogens with one attached hydrogen (secondary N) is 1. The van der Waals surface area contributed by atoms with Crippen molar-refractivity contribution in [2.45, 2.75) is 57.4 Å². The molecule has 0 bridgehead atoms. The number of nitrogens with zero attached hydrogens (tertiary/aromatic N) is 1. The first-order chi connectivity index (χ1) is 15.9. The number of allylic oxidation sites excluding steroid dienone is 1. The van der Waals surface area contributed by atoms with Crippen molar-refractivity contribution in [3.05, 3.63) is 77.0 Å². The summed E-state index contributed by atoms with van der Waals surface area (Å²) in [6, 6.07) is 13.7. The van der Waals surface area contributed by atoms with Crippen LogP contribution in [0.3, 0.4) is 0 Å². The lowest BCUT2D eigenvalue weighted by Gasteiger charge is -2.31. The second-order valence-corrected chi connectivity index (χ2v) is 9.79. The van der Waals surface area contributed by atoms with E-state index in [1.165, 1.54) is 24.8 Å². The average molecular weight is 457 g/mol. The van der Waals surface area contributed by atoms with E-state index in [2.05, 4.69) is 41.1 Å². The van der Waals surface area contributed by atoms with Crippen LogP contribution in [-0.4, -0.2) is 24.0 Å². The molecule has 0 aromatic heterocycles. The van der Waals surface area contributed by atoms with Crippen molar-refractivity contribution >= 4 is 0 Å². The molecule has 2 aliphatic carbocycles. The van der Waals surface area contributed by atoms with Crippen LogP contribution in [0.15, 0.2) is 54.7 Å². The van der Waals surface area contributed by atoms with Crippen molar-refractivity contribution in [1.29, 1.82) is 0 Å². The lowest BCUT2D eigenvalue weighted by atomic mass is 9.83. The molecule has 6 heteroatoms. The number of hydrogen-bond donors (Lipinski definition) is 1. The van der Waals surface area contributed by atoms with Gasteiger partial charge in [-0.3, -0.25) is 4.90 Å². The van der Waals surface area contributed by atoms with Crippen LogP contribution in [0.1, 0.15) is 54.1 Å². The zero-order valence-electron chi connectivity index (χ0n) is 18.8. The van der Waals surface area contributed by atoms with E-state index in [9.17, 15) is 13.2 Å². The lowest BCUT2D eigenvalue weighted by Crippen LogP contribution is -2.31. The summed E-state index contributed by atoms with van der Waals surface area (Å²) < 4.78 is 46.5. The monoisotopic (exact) mass is 456 g/mol. The van der Waals surface area contributed by atoms with Gasteiger partial charge >= 0.3 is 0 Å². The summed E-state index contributed by atoms with van der Waals surface area (Å²) in [6.07, 6.45) is 2.55. The maximum atomic E-state index is 14.9. The number of benzene rings is 2. The van der Waals surface area contributed by atoms with Gasteiger partial charge in [0.15, 0.2) is 0 Å². The fraction of sp³-hybridized carbons (Fsp3) is 0.481. The fourth-order valence-electron chi connectivity index (χ4n) is 4.63. The first-order valence-electron chi connectivity index (χ1n) is 11.9. The number of halogens is 3. The van der Waals surface area contributed by atoms with Crippen molar-refractivity contribution in [2.24, 2.45) is 11.8 Å². The molecule has 176 valence electrons. The minimum absolute atomic E-state index is 0.0188. The standard InChI is InChI=1S/C27H31F3N2O/c1-18(21-3-2-4-21)31-13-19-5-7-20(8-6-19)14-32-15-22-9-10-24(11-25(22)26(28)16-32)33-17-23-12-27(23,29)30/h5-11,21,23,26,31H,1-4,12-17H2. The Morgan fingerprint density at radius 3 is 2.52 bits per heavy atom. The molecule has 1 aliphatic heterocycles. The van der Waals surface area contributed by atoms with E-state index in [1.54, 1.807) is 12.1 Å². The molecule has 33 heavy (non-hydrogen) atoms. The van der Waals surface area contributed by atoms with E-state index in [0.29, 0.717) is 36.9 Å². The molecule has 1 N–H and O–H groups in total. The quantitative estimate of drug-likeness (QED) is 0.490. The number of rotatable bonds is 9. The smallest absolute Gasteiger partial charge is 0.255 e. The second kappa shape index (κ2) is 9.05. The van der Waals surface area contributed by atoms with Gasteiger partial charge in [-0.1, -0.05) is 43.3 Å². The zero-order chi connectivity index (χ0) is 23.0. The summed E-state index contributed by atoms with van der Waals surface area (Å²) in [6.45, 7) is 6.55. The van der Waals surface area contributed by atoms with E-state index in [1.807, 2.05) is 6.07 Å². The van der Waals surface area contributed by atoms with Gasteiger partial charge in [-0.05, 0) is 53.1 Å². The number of fused-ring (bicyclic) bond motifs is 1. The number of alkyl halides is 3. The zero-order valence-corrected chi connectivity index (χ0v) is 18.8. The first kappa shape index (κ1) is 22.3. The average Bonchev–Trinajstić information content (AvgIpc) is 3.37. The molecule has 2 aromatic carbocycles. The molecule has 2 aromatic rings. The number of ether oxygens (including phenoxy) is 1. The highest BCUT2D eigenvalue weighted by Gasteiger charge is 2.57. The molecule has 2 atom stereocenters. The molecule has 0 amide bonds. The van der Waals surface area contributed by atoms with Crippen molar-refractivity contribution in [1.82, 2.24) is 10.2 Å². The molecule has 3 nitrogen and oxygen atoms in total. The van der Waals surface area contributed by atoms with Crippen molar-refractivity contribution in [3.8, 4) is 5.75 Å². The predicted molar refractivity (Wildman–Crippen MR) is 123 cm³/mol. The Morgan fingerprint density at radius 1 is 1.12 bits per heavy atom. The van der Waals surface area contributed by atoms with Crippen LogP contribution >= 0.6 is 0 Å². The summed E-state index contributed by atoms with van der Waals surface area (Å²) in [5.74, 6) is -2.22. The maximum Gasteiger partial charge on any atom is 0.255 e. The van der Waals surface area contributed by atoms with Crippen LogP contribution < -0.4 is 10.1 Å². The van der Waals surface area contributed by atoms with Crippen LogP contribution in [0.2, 0.25) is 0 Å². The summed E-state index contributed by atoms with van der Waals surface area (Å²) in [4.78, 5) is 2.10. The van der Waals surface area contributed by atoms with E-state index < -0.39 is 18.0 Å². The topological polar surface area (TPSA) is 24.5 Å². The summed E-state index contributed by atoms with van der Waals surface area (Å²) in [5.41, 5.74) is 5.04. The largest absolute Gasteiger partial charge is 0.493 e.